The van der Waals surface area contributed by atoms with Crippen LogP contribution >= 0.6 is 0 Å². The molecule has 0 radical (unpaired) electrons. The van der Waals surface area contributed by atoms with Crippen LogP contribution in [0.2, 0.25) is 0 Å². The maximum Gasteiger partial charge on any atom is 0.144 e. The van der Waals surface area contributed by atoms with Crippen LogP contribution in [0.1, 0.15) is 11.3 Å². The highest BCUT2D eigenvalue weighted by Gasteiger charge is 2.08. The lowest BCUT2D eigenvalue weighted by Crippen LogP contribution is -1.99. The molecule has 0 unspecified atom stereocenters. The maximum atomic E-state index is 5.78. The van der Waals surface area contributed by atoms with Crippen LogP contribution in [0.25, 0.3) is 5.69 Å². The number of aromatic nitrogens is 2. The Labute approximate surface area is 94.6 Å². The number of rotatable bonds is 2. The van der Waals surface area contributed by atoms with Gasteiger partial charge in [-0.1, -0.05) is 6.07 Å². The van der Waals surface area contributed by atoms with Crippen molar-refractivity contribution in [2.75, 3.05) is 12.8 Å². The lowest BCUT2D eigenvalue weighted by molar-refractivity contribution is 0.411. The van der Waals surface area contributed by atoms with E-state index in [0.717, 1.165) is 22.7 Å². The minimum Gasteiger partial charge on any atom is -0.494 e. The fraction of sp³-hybridized carbons (Fsp3) is 0.250. The number of methoxy groups -OCH3 is 1. The van der Waals surface area contributed by atoms with Gasteiger partial charge in [0.2, 0.25) is 0 Å². The van der Waals surface area contributed by atoms with Gasteiger partial charge in [-0.25, -0.2) is 4.68 Å². The minimum absolute atomic E-state index is 0.684. The fourth-order valence-corrected chi connectivity index (χ4v) is 1.58. The molecule has 2 aromatic rings. The Morgan fingerprint density at radius 1 is 1.31 bits per heavy atom. The van der Waals surface area contributed by atoms with Crippen LogP contribution in [0.15, 0.2) is 24.4 Å². The molecule has 0 aliphatic heterocycles. The van der Waals surface area contributed by atoms with E-state index in [0.29, 0.717) is 5.69 Å². The van der Waals surface area contributed by atoms with Gasteiger partial charge in [0, 0.05) is 0 Å². The predicted molar refractivity (Wildman–Crippen MR) is 64.0 cm³/mol. The van der Waals surface area contributed by atoms with Gasteiger partial charge >= 0.3 is 0 Å². The summed E-state index contributed by atoms with van der Waals surface area (Å²) in [5.74, 6) is 0.785. The van der Waals surface area contributed by atoms with E-state index in [1.807, 2.05) is 32.0 Å². The van der Waals surface area contributed by atoms with E-state index >= 15 is 0 Å². The van der Waals surface area contributed by atoms with Crippen LogP contribution in [-0.4, -0.2) is 16.9 Å². The fourth-order valence-electron chi connectivity index (χ4n) is 1.58. The first-order valence-electron chi connectivity index (χ1n) is 5.08. The number of anilines is 1. The second kappa shape index (κ2) is 3.89. The largest absolute Gasteiger partial charge is 0.494 e. The van der Waals surface area contributed by atoms with Crippen molar-refractivity contribution in [3.8, 4) is 11.4 Å². The number of ether oxygens (including phenoxy) is 1. The van der Waals surface area contributed by atoms with Gasteiger partial charge in [0.05, 0.1) is 24.7 Å². The third-order valence-corrected chi connectivity index (χ3v) is 2.52. The lowest BCUT2D eigenvalue weighted by Gasteiger charge is -2.08. The summed E-state index contributed by atoms with van der Waals surface area (Å²) in [7, 11) is 1.65. The Balaban J connectivity index is 2.57. The first-order chi connectivity index (χ1) is 7.61. The zero-order valence-corrected chi connectivity index (χ0v) is 9.69. The van der Waals surface area contributed by atoms with Gasteiger partial charge in [-0.2, -0.15) is 5.10 Å². The molecule has 2 rings (SSSR count). The lowest BCUT2D eigenvalue weighted by atomic mass is 10.2. The van der Waals surface area contributed by atoms with Crippen molar-refractivity contribution in [3.63, 3.8) is 0 Å². The SMILES string of the molecule is COc1ccc(C)cc1-n1cc(N)c(C)n1. The van der Waals surface area contributed by atoms with Crippen molar-refractivity contribution in [2.45, 2.75) is 13.8 Å². The monoisotopic (exact) mass is 217 g/mol. The van der Waals surface area contributed by atoms with Gasteiger partial charge < -0.3 is 10.5 Å². The first kappa shape index (κ1) is 10.5. The molecule has 0 saturated carbocycles. The molecule has 4 heteroatoms. The molecule has 16 heavy (non-hydrogen) atoms. The molecule has 0 atom stereocenters. The number of nitrogens with zero attached hydrogens (tertiary/aromatic N) is 2. The average molecular weight is 217 g/mol. The molecular weight excluding hydrogens is 202 g/mol. The summed E-state index contributed by atoms with van der Waals surface area (Å²) in [6.07, 6.45) is 1.80. The van der Waals surface area contributed by atoms with Gasteiger partial charge in [0.25, 0.3) is 0 Å². The van der Waals surface area contributed by atoms with Crippen molar-refractivity contribution < 1.29 is 4.74 Å². The standard InChI is InChI=1S/C12H15N3O/c1-8-4-5-12(16-3)11(6-8)15-7-10(13)9(2)14-15/h4-7H,13H2,1-3H3. The number of aryl methyl sites for hydroxylation is 2. The molecule has 0 bridgehead atoms. The van der Waals surface area contributed by atoms with Crippen molar-refractivity contribution in [3.05, 3.63) is 35.7 Å². The summed E-state index contributed by atoms with van der Waals surface area (Å²) in [5.41, 5.74) is 9.35. The van der Waals surface area contributed by atoms with E-state index in [9.17, 15) is 0 Å². The summed E-state index contributed by atoms with van der Waals surface area (Å²) in [5, 5.41) is 4.34. The second-order valence-corrected chi connectivity index (χ2v) is 3.79. The van der Waals surface area contributed by atoms with E-state index in [2.05, 4.69) is 5.10 Å². The van der Waals surface area contributed by atoms with Crippen LogP contribution in [0, 0.1) is 13.8 Å². The van der Waals surface area contributed by atoms with E-state index in [4.69, 9.17) is 10.5 Å². The third-order valence-electron chi connectivity index (χ3n) is 2.52. The van der Waals surface area contributed by atoms with E-state index in [1.54, 1.807) is 18.0 Å². The summed E-state index contributed by atoms with van der Waals surface area (Å²) in [6, 6.07) is 5.95. The van der Waals surface area contributed by atoms with Crippen LogP contribution in [0.4, 0.5) is 5.69 Å². The molecule has 0 amide bonds. The molecule has 0 aliphatic rings. The smallest absolute Gasteiger partial charge is 0.144 e. The van der Waals surface area contributed by atoms with Crippen LogP contribution in [0.3, 0.4) is 0 Å². The molecule has 1 aromatic heterocycles. The van der Waals surface area contributed by atoms with Crippen molar-refractivity contribution in [1.29, 1.82) is 0 Å². The summed E-state index contributed by atoms with van der Waals surface area (Å²) < 4.78 is 7.05. The molecule has 0 saturated heterocycles. The molecule has 0 spiro atoms. The molecule has 0 fully saturated rings. The molecule has 2 N–H and O–H groups in total. The highest BCUT2D eigenvalue weighted by atomic mass is 16.5. The van der Waals surface area contributed by atoms with Crippen molar-refractivity contribution >= 4 is 5.69 Å². The topological polar surface area (TPSA) is 53.1 Å². The van der Waals surface area contributed by atoms with Gasteiger partial charge in [-0.3, -0.25) is 0 Å². The Bertz CT molecular complexity index is 497. The minimum atomic E-state index is 0.684. The number of nitrogens with two attached hydrogens (primary N) is 1. The van der Waals surface area contributed by atoms with Gasteiger partial charge in [-0.15, -0.1) is 0 Å². The summed E-state index contributed by atoms with van der Waals surface area (Å²) in [4.78, 5) is 0. The predicted octanol–water partition coefficient (Wildman–Crippen LogP) is 2.08. The molecule has 84 valence electrons. The van der Waals surface area contributed by atoms with Crippen molar-refractivity contribution in [2.24, 2.45) is 0 Å². The average Bonchev–Trinajstić information content (AvgIpc) is 2.59. The highest BCUT2D eigenvalue weighted by Crippen LogP contribution is 2.24. The second-order valence-electron chi connectivity index (χ2n) is 3.79. The van der Waals surface area contributed by atoms with Gasteiger partial charge in [0.1, 0.15) is 11.4 Å². The van der Waals surface area contributed by atoms with E-state index < -0.39 is 0 Å². The molecule has 4 nitrogen and oxygen atoms in total. The molecular formula is C12H15N3O. The van der Waals surface area contributed by atoms with E-state index in [-0.39, 0.29) is 0 Å². The number of hydrogen-bond donors (Lipinski definition) is 1. The molecule has 1 aromatic carbocycles. The summed E-state index contributed by atoms with van der Waals surface area (Å²) in [6.45, 7) is 3.91. The van der Waals surface area contributed by atoms with Crippen molar-refractivity contribution in [1.82, 2.24) is 9.78 Å². The van der Waals surface area contributed by atoms with E-state index in [1.165, 1.54) is 0 Å². The Morgan fingerprint density at radius 3 is 2.62 bits per heavy atom. The third kappa shape index (κ3) is 1.74. The number of nitrogen functional groups attached to an aromatic ring is 1. The zero-order chi connectivity index (χ0) is 11.7. The quantitative estimate of drug-likeness (QED) is 0.837. The van der Waals surface area contributed by atoms with Crippen LogP contribution in [0.5, 0.6) is 5.75 Å². The van der Waals surface area contributed by atoms with Crippen LogP contribution < -0.4 is 10.5 Å². The number of benzene rings is 1. The zero-order valence-electron chi connectivity index (χ0n) is 9.69. The molecule has 0 aliphatic carbocycles. The van der Waals surface area contributed by atoms with Crippen LogP contribution in [-0.2, 0) is 0 Å². The Hall–Kier alpha value is -1.97. The highest BCUT2D eigenvalue weighted by molar-refractivity contribution is 5.51. The first-order valence-corrected chi connectivity index (χ1v) is 5.08. The van der Waals surface area contributed by atoms with Gasteiger partial charge in [-0.05, 0) is 31.5 Å². The number of hydrogen-bond acceptors (Lipinski definition) is 3. The van der Waals surface area contributed by atoms with Gasteiger partial charge in [0.15, 0.2) is 0 Å². The Kier molecular flexibility index (Phi) is 2.56. The Morgan fingerprint density at radius 2 is 2.06 bits per heavy atom. The molecule has 1 heterocycles. The normalized spacial score (nSPS) is 10.4. The summed E-state index contributed by atoms with van der Waals surface area (Å²) >= 11 is 0. The maximum absolute atomic E-state index is 5.78.